The summed E-state index contributed by atoms with van der Waals surface area (Å²) in [5.74, 6) is -2.68. The van der Waals surface area contributed by atoms with Gasteiger partial charge in [0.25, 0.3) is 11.8 Å². The van der Waals surface area contributed by atoms with Crippen LogP contribution in [0.3, 0.4) is 0 Å². The van der Waals surface area contributed by atoms with Gasteiger partial charge in [-0.25, -0.2) is 9.37 Å². The summed E-state index contributed by atoms with van der Waals surface area (Å²) in [4.78, 5) is 33.8. The summed E-state index contributed by atoms with van der Waals surface area (Å²) in [7, 11) is 0. The van der Waals surface area contributed by atoms with Crippen LogP contribution >= 0.6 is 0 Å². The summed E-state index contributed by atoms with van der Waals surface area (Å²) in [6, 6.07) is 13.2. The van der Waals surface area contributed by atoms with Gasteiger partial charge in [0, 0.05) is 35.5 Å². The third-order valence-corrected chi connectivity index (χ3v) is 5.22. The van der Waals surface area contributed by atoms with Gasteiger partial charge in [0.15, 0.2) is 5.82 Å². The van der Waals surface area contributed by atoms with Crippen molar-refractivity contribution in [3.8, 4) is 0 Å². The van der Waals surface area contributed by atoms with E-state index < -0.39 is 34.9 Å². The van der Waals surface area contributed by atoms with Gasteiger partial charge in [-0.2, -0.15) is 13.2 Å². The molecule has 4 rings (SSSR count). The summed E-state index contributed by atoms with van der Waals surface area (Å²) in [5, 5.41) is 8.14. The van der Waals surface area contributed by atoms with Gasteiger partial charge < -0.3 is 16.0 Å². The maximum absolute atomic E-state index is 13.9. The molecule has 3 N–H and O–H groups in total. The first kappa shape index (κ1) is 25.3. The Morgan fingerprint density at radius 2 is 1.54 bits per heavy atom. The van der Waals surface area contributed by atoms with E-state index in [0.29, 0.717) is 29.6 Å². The highest BCUT2D eigenvalue weighted by Gasteiger charge is 2.32. The molecule has 0 fully saturated rings. The third-order valence-electron chi connectivity index (χ3n) is 5.22. The fourth-order valence-electron chi connectivity index (χ4n) is 3.34. The lowest BCUT2D eigenvalue weighted by Gasteiger charge is -2.16. The van der Waals surface area contributed by atoms with Crippen LogP contribution < -0.4 is 16.0 Å². The zero-order valence-electron chi connectivity index (χ0n) is 19.2. The number of aryl methyl sites for hydroxylation is 1. The molecule has 11 heteroatoms. The van der Waals surface area contributed by atoms with Crippen molar-refractivity contribution in [2.45, 2.75) is 13.1 Å². The molecule has 0 bridgehead atoms. The van der Waals surface area contributed by atoms with E-state index in [1.54, 1.807) is 24.3 Å². The molecule has 2 aromatic heterocycles. The van der Waals surface area contributed by atoms with E-state index in [4.69, 9.17) is 0 Å². The molecule has 0 radical (unpaired) electrons. The fraction of sp³-hybridized carbons (Fsp3) is 0.0769. The third kappa shape index (κ3) is 6.26. The smallest absolute Gasteiger partial charge is 0.338 e. The lowest BCUT2D eigenvalue weighted by molar-refractivity contribution is -0.137. The number of alkyl halides is 3. The molecule has 0 saturated carbocycles. The van der Waals surface area contributed by atoms with Gasteiger partial charge in [-0.3, -0.25) is 14.6 Å². The summed E-state index contributed by atoms with van der Waals surface area (Å²) in [6.45, 7) is 1.84. The SMILES string of the molecule is Cc1ccccc1Nc1ncc(C(=O)Nc2ccncc2)cc1NC(=O)c1cc(F)cc(C(F)(F)F)c1. The second kappa shape index (κ2) is 10.4. The van der Waals surface area contributed by atoms with Crippen LogP contribution in [0.4, 0.5) is 40.4 Å². The monoisotopic (exact) mass is 509 g/mol. The van der Waals surface area contributed by atoms with Gasteiger partial charge in [-0.05, 0) is 55.0 Å². The highest BCUT2D eigenvalue weighted by molar-refractivity contribution is 6.08. The van der Waals surface area contributed by atoms with Gasteiger partial charge in [0.2, 0.25) is 0 Å². The predicted molar refractivity (Wildman–Crippen MR) is 130 cm³/mol. The maximum Gasteiger partial charge on any atom is 0.416 e. The molecule has 37 heavy (non-hydrogen) atoms. The first-order chi connectivity index (χ1) is 17.6. The molecule has 4 aromatic rings. The van der Waals surface area contributed by atoms with Crippen molar-refractivity contribution < 1.29 is 27.2 Å². The molecule has 0 spiro atoms. The number of pyridine rings is 2. The van der Waals surface area contributed by atoms with Crippen molar-refractivity contribution in [2.24, 2.45) is 0 Å². The maximum atomic E-state index is 13.9. The van der Waals surface area contributed by atoms with Crippen molar-refractivity contribution in [3.05, 3.63) is 107 Å². The number of carbonyl (C=O) groups excluding carboxylic acids is 2. The number of amides is 2. The Bertz CT molecular complexity index is 1460. The molecule has 2 amide bonds. The Kier molecular flexibility index (Phi) is 7.14. The average molecular weight is 509 g/mol. The lowest BCUT2D eigenvalue weighted by atomic mass is 10.1. The minimum atomic E-state index is -4.85. The Morgan fingerprint density at radius 1 is 0.838 bits per heavy atom. The number of anilines is 4. The molecule has 0 aliphatic rings. The minimum Gasteiger partial charge on any atom is -0.338 e. The zero-order chi connectivity index (χ0) is 26.6. The number of benzene rings is 2. The molecule has 0 atom stereocenters. The van der Waals surface area contributed by atoms with Gasteiger partial charge in [0.05, 0.1) is 16.8 Å². The van der Waals surface area contributed by atoms with Gasteiger partial charge in [-0.1, -0.05) is 18.2 Å². The van der Waals surface area contributed by atoms with E-state index in [1.807, 2.05) is 19.1 Å². The minimum absolute atomic E-state index is 0.00606. The Balaban J connectivity index is 1.69. The molecule has 188 valence electrons. The van der Waals surface area contributed by atoms with Crippen molar-refractivity contribution in [2.75, 3.05) is 16.0 Å². The molecule has 0 aliphatic carbocycles. The van der Waals surface area contributed by atoms with Crippen LogP contribution in [-0.4, -0.2) is 21.8 Å². The number of nitrogens with one attached hydrogen (secondary N) is 3. The van der Waals surface area contributed by atoms with E-state index in [9.17, 15) is 27.2 Å². The number of hydrogen-bond donors (Lipinski definition) is 3. The van der Waals surface area contributed by atoms with Crippen molar-refractivity contribution >= 4 is 34.7 Å². The van der Waals surface area contributed by atoms with E-state index in [2.05, 4.69) is 25.9 Å². The van der Waals surface area contributed by atoms with E-state index in [-0.39, 0.29) is 17.1 Å². The highest BCUT2D eigenvalue weighted by atomic mass is 19.4. The van der Waals surface area contributed by atoms with E-state index in [0.717, 1.165) is 5.56 Å². The Morgan fingerprint density at radius 3 is 2.24 bits per heavy atom. The van der Waals surface area contributed by atoms with Crippen LogP contribution in [0.15, 0.2) is 79.3 Å². The number of rotatable bonds is 6. The van der Waals surface area contributed by atoms with Crippen LogP contribution in [0.5, 0.6) is 0 Å². The van der Waals surface area contributed by atoms with Crippen LogP contribution in [-0.2, 0) is 6.18 Å². The normalized spacial score (nSPS) is 11.1. The second-order valence-corrected chi connectivity index (χ2v) is 7.93. The number of aromatic nitrogens is 2. The molecule has 0 unspecified atom stereocenters. The van der Waals surface area contributed by atoms with Crippen molar-refractivity contribution in [1.29, 1.82) is 0 Å². The van der Waals surface area contributed by atoms with Gasteiger partial charge in [-0.15, -0.1) is 0 Å². The highest BCUT2D eigenvalue weighted by Crippen LogP contribution is 2.31. The molecular formula is C26H19F4N5O2. The van der Waals surface area contributed by atoms with Gasteiger partial charge >= 0.3 is 6.18 Å². The molecule has 2 heterocycles. The summed E-state index contributed by atoms with van der Waals surface area (Å²) < 4.78 is 53.3. The quantitative estimate of drug-likeness (QED) is 0.269. The number of hydrogen-bond acceptors (Lipinski definition) is 5. The first-order valence-electron chi connectivity index (χ1n) is 10.8. The fourth-order valence-corrected chi connectivity index (χ4v) is 3.34. The van der Waals surface area contributed by atoms with Crippen LogP contribution in [0.25, 0.3) is 0 Å². The van der Waals surface area contributed by atoms with Crippen molar-refractivity contribution in [3.63, 3.8) is 0 Å². The molecule has 0 aliphatic heterocycles. The Hall–Kier alpha value is -4.80. The van der Waals surface area contributed by atoms with Crippen LogP contribution in [0, 0.1) is 12.7 Å². The molecule has 0 saturated heterocycles. The zero-order valence-corrected chi connectivity index (χ0v) is 19.2. The van der Waals surface area contributed by atoms with E-state index in [1.165, 1.54) is 24.7 Å². The topological polar surface area (TPSA) is 96.0 Å². The Labute approximate surface area is 208 Å². The van der Waals surface area contributed by atoms with Crippen LogP contribution in [0.2, 0.25) is 0 Å². The largest absolute Gasteiger partial charge is 0.416 e. The predicted octanol–water partition coefficient (Wildman–Crippen LogP) is 6.19. The van der Waals surface area contributed by atoms with Crippen molar-refractivity contribution in [1.82, 2.24) is 9.97 Å². The molecule has 2 aromatic carbocycles. The average Bonchev–Trinajstić information content (AvgIpc) is 2.86. The summed E-state index contributed by atoms with van der Waals surface area (Å²) >= 11 is 0. The second-order valence-electron chi connectivity index (χ2n) is 7.93. The van der Waals surface area contributed by atoms with Crippen LogP contribution in [0.1, 0.15) is 31.8 Å². The summed E-state index contributed by atoms with van der Waals surface area (Å²) in [5.41, 5.74) is 0.143. The standard InChI is InChI=1S/C26H19F4N5O2/c1-15-4-2-3-5-21(15)34-23-22(12-17(14-32-23)25(37)33-20-6-8-31-9-7-20)35-24(36)16-10-18(26(28,29)30)13-19(27)11-16/h2-14H,1H3,(H,32,34)(H,35,36)(H,31,33,37). The number of nitrogens with zero attached hydrogens (tertiary/aromatic N) is 2. The van der Waals surface area contributed by atoms with E-state index >= 15 is 0 Å². The number of para-hydroxylation sites is 1. The number of carbonyl (C=O) groups is 2. The summed E-state index contributed by atoms with van der Waals surface area (Å²) in [6.07, 6.45) is -0.593. The lowest BCUT2D eigenvalue weighted by Crippen LogP contribution is -2.18. The molecule has 7 nitrogen and oxygen atoms in total. The molecular weight excluding hydrogens is 490 g/mol. The first-order valence-corrected chi connectivity index (χ1v) is 10.8. The van der Waals surface area contributed by atoms with Gasteiger partial charge in [0.1, 0.15) is 5.82 Å². The number of halogens is 4.